The maximum atomic E-state index is 13.4. The summed E-state index contributed by atoms with van der Waals surface area (Å²) in [5.74, 6) is 1.09. The van der Waals surface area contributed by atoms with E-state index in [1.54, 1.807) is 12.0 Å². The first-order valence-electron chi connectivity index (χ1n) is 20.1. The lowest BCUT2D eigenvalue weighted by Gasteiger charge is -2.36. The molecule has 3 aromatic carbocycles. The third-order valence-corrected chi connectivity index (χ3v) is 12.2. The number of unbranched alkanes of at least 4 members (excludes halogenated alkanes) is 1. The smallest absolute Gasteiger partial charge is 0.258 e. The molecule has 0 spiro atoms. The minimum atomic E-state index is -0.646. The number of ether oxygens (including phenoxy) is 2. The molecule has 2 N–H and O–H groups in total. The molecule has 294 valence electrons. The third kappa shape index (κ3) is 7.46. The Hall–Kier alpha value is -5.36. The van der Waals surface area contributed by atoms with E-state index >= 15 is 0 Å². The van der Waals surface area contributed by atoms with E-state index in [-0.39, 0.29) is 18.2 Å². The average molecular weight is 760 g/mol. The van der Waals surface area contributed by atoms with E-state index in [4.69, 9.17) is 9.47 Å². The van der Waals surface area contributed by atoms with Crippen molar-refractivity contribution in [3.05, 3.63) is 83.1 Å². The zero-order valence-corrected chi connectivity index (χ0v) is 32.9. The van der Waals surface area contributed by atoms with Gasteiger partial charge in [-0.15, -0.1) is 0 Å². The number of aryl methyl sites for hydroxylation is 1. The van der Waals surface area contributed by atoms with Crippen molar-refractivity contribution in [2.75, 3.05) is 69.3 Å². The van der Waals surface area contributed by atoms with Gasteiger partial charge >= 0.3 is 0 Å². The Morgan fingerprint density at radius 1 is 0.929 bits per heavy atom. The number of aromatic amines is 1. The van der Waals surface area contributed by atoms with E-state index in [2.05, 4.69) is 86.2 Å². The van der Waals surface area contributed by atoms with E-state index in [1.165, 1.54) is 22.2 Å². The van der Waals surface area contributed by atoms with Crippen molar-refractivity contribution in [1.82, 2.24) is 25.3 Å². The molecule has 12 heteroatoms. The topological polar surface area (TPSA) is 123 Å². The first kappa shape index (κ1) is 37.6. The average Bonchev–Trinajstić information content (AvgIpc) is 3.81. The van der Waals surface area contributed by atoms with Crippen LogP contribution in [0.1, 0.15) is 84.1 Å². The number of amides is 3. The second kappa shape index (κ2) is 16.0. The number of imide groups is 1. The number of aromatic nitrogens is 2. The van der Waals surface area contributed by atoms with Crippen LogP contribution in [-0.4, -0.2) is 103 Å². The maximum absolute atomic E-state index is 13.4. The van der Waals surface area contributed by atoms with Gasteiger partial charge in [-0.25, -0.2) is 0 Å². The molecule has 4 aromatic rings. The zero-order chi connectivity index (χ0) is 38.9. The predicted molar refractivity (Wildman–Crippen MR) is 219 cm³/mol. The molecule has 3 fully saturated rings. The molecule has 0 saturated carbocycles. The van der Waals surface area contributed by atoms with Gasteiger partial charge in [0, 0.05) is 69.4 Å². The molecule has 12 nitrogen and oxygen atoms in total. The minimum absolute atomic E-state index is 0.218. The number of H-pyrrole nitrogens is 1. The second-order valence-electron chi connectivity index (χ2n) is 15.8. The molecule has 1 aromatic heterocycles. The summed E-state index contributed by atoms with van der Waals surface area (Å²) in [7, 11) is 1.58. The van der Waals surface area contributed by atoms with Gasteiger partial charge in [-0.05, 0) is 105 Å². The second-order valence-corrected chi connectivity index (χ2v) is 15.8. The summed E-state index contributed by atoms with van der Waals surface area (Å²) in [4.78, 5) is 46.5. The van der Waals surface area contributed by atoms with Crippen molar-refractivity contribution < 1.29 is 23.9 Å². The van der Waals surface area contributed by atoms with Crippen molar-refractivity contribution in [1.29, 1.82) is 0 Å². The van der Waals surface area contributed by atoms with Crippen LogP contribution in [0.2, 0.25) is 0 Å². The van der Waals surface area contributed by atoms with Gasteiger partial charge in [0.25, 0.3) is 5.91 Å². The largest absolute Gasteiger partial charge is 0.496 e. The summed E-state index contributed by atoms with van der Waals surface area (Å²) in [5, 5.41) is 11.4. The Bertz CT molecular complexity index is 2130. The lowest BCUT2D eigenvalue weighted by atomic mass is 9.89. The monoisotopic (exact) mass is 759 g/mol. The van der Waals surface area contributed by atoms with Gasteiger partial charge in [0.15, 0.2) is 0 Å². The first-order valence-corrected chi connectivity index (χ1v) is 20.1. The molecule has 8 rings (SSSR count). The Labute approximate surface area is 328 Å². The highest BCUT2D eigenvalue weighted by molar-refractivity contribution is 6.07. The van der Waals surface area contributed by atoms with Crippen LogP contribution in [0.15, 0.2) is 55.1 Å². The fourth-order valence-corrected chi connectivity index (χ4v) is 9.00. The van der Waals surface area contributed by atoms with Crippen LogP contribution in [0.25, 0.3) is 16.5 Å². The summed E-state index contributed by atoms with van der Waals surface area (Å²) in [6.07, 6.45) is 4.86. The minimum Gasteiger partial charge on any atom is -0.496 e. The van der Waals surface area contributed by atoms with Crippen LogP contribution < -0.4 is 24.6 Å². The van der Waals surface area contributed by atoms with Crippen LogP contribution in [0, 0.1) is 6.92 Å². The Morgan fingerprint density at radius 2 is 1.70 bits per heavy atom. The SMILES string of the molecule is C=C(C)c1n[nH]c2c(N3CCC(c4ccc(OCCCCN5CCN(c6cc7c(c(OC)c6)C(=O)N(C6CCC(=O)NC6=O)C7)CC5)cc4)CC3)ccc(C)c12. The summed E-state index contributed by atoms with van der Waals surface area (Å²) in [6, 6.07) is 16.5. The quantitative estimate of drug-likeness (QED) is 0.132. The van der Waals surface area contributed by atoms with E-state index < -0.39 is 11.9 Å². The number of carbonyl (C=O) groups is 3. The van der Waals surface area contributed by atoms with Crippen LogP contribution in [0.5, 0.6) is 11.5 Å². The highest BCUT2D eigenvalue weighted by Crippen LogP contribution is 2.39. The van der Waals surface area contributed by atoms with Gasteiger partial charge in [-0.1, -0.05) is 24.8 Å². The third-order valence-electron chi connectivity index (χ3n) is 12.2. The number of piperazine rings is 1. The molecule has 56 heavy (non-hydrogen) atoms. The Morgan fingerprint density at radius 3 is 2.41 bits per heavy atom. The zero-order valence-electron chi connectivity index (χ0n) is 32.9. The number of fused-ring (bicyclic) bond motifs is 2. The number of rotatable bonds is 12. The number of piperidine rings is 2. The number of allylic oxidation sites excluding steroid dienone is 1. The normalized spacial score (nSPS) is 19.4. The van der Waals surface area contributed by atoms with Crippen molar-refractivity contribution >= 4 is 45.6 Å². The summed E-state index contributed by atoms with van der Waals surface area (Å²) >= 11 is 0. The van der Waals surface area contributed by atoms with Crippen molar-refractivity contribution in [3.63, 3.8) is 0 Å². The first-order chi connectivity index (χ1) is 27.2. The molecule has 4 aliphatic heterocycles. The molecule has 3 saturated heterocycles. The van der Waals surface area contributed by atoms with E-state index in [0.29, 0.717) is 36.8 Å². The van der Waals surface area contributed by atoms with Gasteiger partial charge in [-0.3, -0.25) is 29.7 Å². The van der Waals surface area contributed by atoms with Crippen LogP contribution in [0.4, 0.5) is 11.4 Å². The van der Waals surface area contributed by atoms with Gasteiger partial charge in [0.2, 0.25) is 11.8 Å². The van der Waals surface area contributed by atoms with E-state index in [0.717, 1.165) is 105 Å². The molecule has 1 unspecified atom stereocenters. The Kier molecular flexibility index (Phi) is 10.7. The highest BCUT2D eigenvalue weighted by atomic mass is 16.5. The van der Waals surface area contributed by atoms with Gasteiger partial charge < -0.3 is 24.2 Å². The standard InChI is InChI=1S/C44H53N7O5/c1-28(2)41-39-29(3)7-12-35(42(39)47-46-41)50-18-15-31(16-19-50)30-8-10-34(11-9-30)56-24-6-5-17-48-20-22-49(23-21-48)33-25-32-27-51(36-13-14-38(52)45-43(36)53)44(54)40(32)37(26-33)55-4/h7-12,25-26,31,36H,1,5-6,13-24,27H2,2-4H3,(H,46,47)(H,45,52,53). The molecule has 0 aliphatic carbocycles. The van der Waals surface area contributed by atoms with Gasteiger partial charge in [-0.2, -0.15) is 5.10 Å². The molecule has 0 bridgehead atoms. The maximum Gasteiger partial charge on any atom is 0.258 e. The molecule has 5 heterocycles. The molecule has 1 atom stereocenters. The number of anilines is 2. The molecular weight excluding hydrogens is 707 g/mol. The number of nitrogens with zero attached hydrogens (tertiary/aromatic N) is 5. The molecular formula is C44H53N7O5. The molecule has 3 amide bonds. The van der Waals surface area contributed by atoms with E-state index in [1.807, 2.05) is 13.0 Å². The fraction of sp³-hybridized carbons (Fsp3) is 0.455. The van der Waals surface area contributed by atoms with Crippen molar-refractivity contribution in [3.8, 4) is 11.5 Å². The molecule has 0 radical (unpaired) electrons. The van der Waals surface area contributed by atoms with Crippen molar-refractivity contribution in [2.24, 2.45) is 0 Å². The highest BCUT2D eigenvalue weighted by Gasteiger charge is 2.41. The number of methoxy groups -OCH3 is 1. The van der Waals surface area contributed by atoms with E-state index in [9.17, 15) is 14.4 Å². The summed E-state index contributed by atoms with van der Waals surface area (Å²) in [5.41, 5.74) is 9.30. The van der Waals surface area contributed by atoms with Gasteiger partial charge in [0.1, 0.15) is 17.5 Å². The predicted octanol–water partition coefficient (Wildman–Crippen LogP) is 6.04. The number of hydrogen-bond acceptors (Lipinski definition) is 9. The number of hydrogen-bond donors (Lipinski definition) is 2. The summed E-state index contributed by atoms with van der Waals surface area (Å²) < 4.78 is 11.8. The molecule has 4 aliphatic rings. The Balaban J connectivity index is 0.760. The fourth-order valence-electron chi connectivity index (χ4n) is 9.00. The van der Waals surface area contributed by atoms with Gasteiger partial charge in [0.05, 0.1) is 36.2 Å². The summed E-state index contributed by atoms with van der Waals surface area (Å²) in [6.45, 7) is 16.0. The number of carbonyl (C=O) groups excluding carboxylic acids is 3. The number of nitrogens with one attached hydrogen (secondary N) is 2. The lowest BCUT2D eigenvalue weighted by molar-refractivity contribution is -0.136. The van der Waals surface area contributed by atoms with Crippen LogP contribution in [0.3, 0.4) is 0 Å². The lowest BCUT2D eigenvalue weighted by Crippen LogP contribution is -2.52. The van der Waals surface area contributed by atoms with Crippen LogP contribution in [-0.2, 0) is 16.1 Å². The van der Waals surface area contributed by atoms with Crippen molar-refractivity contribution in [2.45, 2.75) is 70.9 Å². The number of benzene rings is 3. The van der Waals surface area contributed by atoms with Crippen LogP contribution >= 0.6 is 0 Å².